The second-order valence-corrected chi connectivity index (χ2v) is 5.60. The maximum atomic E-state index is 14.0. The number of nitrogens with two attached hydrogens (primary N) is 1. The first kappa shape index (κ1) is 15.4. The number of halogens is 1. The van der Waals surface area contributed by atoms with Crippen molar-refractivity contribution in [3.8, 4) is 5.75 Å². The largest absolute Gasteiger partial charge is 0.489 e. The molecule has 0 aliphatic heterocycles. The molecule has 0 fully saturated rings. The molecule has 0 aliphatic rings. The van der Waals surface area contributed by atoms with Crippen molar-refractivity contribution in [2.24, 2.45) is 5.73 Å². The summed E-state index contributed by atoms with van der Waals surface area (Å²) in [5.41, 5.74) is 9.84. The van der Waals surface area contributed by atoms with Gasteiger partial charge in [-0.25, -0.2) is 4.39 Å². The molecule has 0 atom stereocenters. The first-order chi connectivity index (χ1) is 9.88. The third kappa shape index (κ3) is 3.58. The third-order valence-corrected chi connectivity index (χ3v) is 3.72. The summed E-state index contributed by atoms with van der Waals surface area (Å²) in [7, 11) is 0. The van der Waals surface area contributed by atoms with Crippen LogP contribution in [0.2, 0.25) is 0 Å². The highest BCUT2D eigenvalue weighted by Crippen LogP contribution is 2.24. The lowest BCUT2D eigenvalue weighted by Gasteiger charge is -2.13. The normalized spacial score (nSPS) is 10.5. The number of ether oxygens (including phenoxy) is 1. The maximum Gasteiger partial charge on any atom is 0.130 e. The molecule has 0 saturated heterocycles. The fourth-order valence-corrected chi connectivity index (χ4v) is 2.25. The van der Waals surface area contributed by atoms with Crippen LogP contribution >= 0.6 is 12.2 Å². The van der Waals surface area contributed by atoms with E-state index < -0.39 is 0 Å². The summed E-state index contributed by atoms with van der Waals surface area (Å²) < 4.78 is 19.7. The first-order valence-corrected chi connectivity index (χ1v) is 7.08. The molecule has 4 heteroatoms. The summed E-state index contributed by atoms with van der Waals surface area (Å²) in [5.74, 6) is 0.424. The van der Waals surface area contributed by atoms with Gasteiger partial charge in [0.15, 0.2) is 0 Å². The molecule has 0 bridgehead atoms. The minimum absolute atomic E-state index is 0.174. The molecule has 0 spiro atoms. The van der Waals surface area contributed by atoms with Gasteiger partial charge in [-0.2, -0.15) is 0 Å². The average Bonchev–Trinajstić information content (AvgIpc) is 2.42. The van der Waals surface area contributed by atoms with Gasteiger partial charge in [0.25, 0.3) is 0 Å². The van der Waals surface area contributed by atoms with Crippen LogP contribution in [0.1, 0.15) is 27.8 Å². The highest BCUT2D eigenvalue weighted by molar-refractivity contribution is 7.80. The number of benzene rings is 2. The van der Waals surface area contributed by atoms with Gasteiger partial charge in [-0.3, -0.25) is 0 Å². The van der Waals surface area contributed by atoms with Crippen molar-refractivity contribution in [1.82, 2.24) is 0 Å². The zero-order valence-corrected chi connectivity index (χ0v) is 13.2. The van der Waals surface area contributed by atoms with Crippen molar-refractivity contribution in [2.45, 2.75) is 27.4 Å². The van der Waals surface area contributed by atoms with Crippen molar-refractivity contribution in [1.29, 1.82) is 0 Å². The third-order valence-electron chi connectivity index (χ3n) is 3.48. The standard InChI is InChI=1S/C17H18FNOS/c1-10-6-11(2)12(3)16(7-10)20-9-14-5-4-13(17(19)21)8-15(14)18/h4-8H,9H2,1-3H3,(H2,19,21). The van der Waals surface area contributed by atoms with Crippen LogP contribution in [0, 0.1) is 26.6 Å². The summed E-state index contributed by atoms with van der Waals surface area (Å²) in [6.45, 7) is 6.22. The van der Waals surface area contributed by atoms with Crippen LogP contribution in [-0.2, 0) is 6.61 Å². The van der Waals surface area contributed by atoms with E-state index in [4.69, 9.17) is 22.7 Å². The van der Waals surface area contributed by atoms with Gasteiger partial charge in [0.2, 0.25) is 0 Å². The summed E-state index contributed by atoms with van der Waals surface area (Å²) in [4.78, 5) is 0.187. The van der Waals surface area contributed by atoms with E-state index in [1.165, 1.54) is 6.07 Å². The SMILES string of the molecule is Cc1cc(C)c(C)c(OCc2ccc(C(N)=S)cc2F)c1. The monoisotopic (exact) mass is 303 g/mol. The van der Waals surface area contributed by atoms with Crippen LogP contribution in [-0.4, -0.2) is 4.99 Å². The van der Waals surface area contributed by atoms with Gasteiger partial charge >= 0.3 is 0 Å². The van der Waals surface area contributed by atoms with Crippen molar-refractivity contribution >= 4 is 17.2 Å². The zero-order valence-electron chi connectivity index (χ0n) is 12.4. The molecular weight excluding hydrogens is 285 g/mol. The van der Waals surface area contributed by atoms with Gasteiger partial charge in [-0.05, 0) is 49.6 Å². The molecular formula is C17H18FNOS. The molecule has 0 aliphatic carbocycles. The molecule has 0 unspecified atom stereocenters. The molecule has 2 aromatic rings. The Kier molecular flexibility index (Phi) is 4.58. The molecule has 0 amide bonds. The van der Waals surface area contributed by atoms with Gasteiger partial charge in [0, 0.05) is 11.1 Å². The Balaban J connectivity index is 2.19. The zero-order chi connectivity index (χ0) is 15.6. The molecule has 2 aromatic carbocycles. The number of hydrogen-bond donors (Lipinski definition) is 1. The predicted molar refractivity (Wildman–Crippen MR) is 87.3 cm³/mol. The Morgan fingerprint density at radius 3 is 2.52 bits per heavy atom. The average molecular weight is 303 g/mol. The van der Waals surface area contributed by atoms with Gasteiger partial charge in [0.1, 0.15) is 23.2 Å². The fraction of sp³-hybridized carbons (Fsp3) is 0.235. The second-order valence-electron chi connectivity index (χ2n) is 5.16. The van der Waals surface area contributed by atoms with E-state index in [2.05, 4.69) is 6.07 Å². The van der Waals surface area contributed by atoms with E-state index in [0.29, 0.717) is 11.1 Å². The molecule has 2 rings (SSSR count). The van der Waals surface area contributed by atoms with E-state index >= 15 is 0 Å². The Morgan fingerprint density at radius 1 is 1.19 bits per heavy atom. The summed E-state index contributed by atoms with van der Waals surface area (Å²) in [6, 6.07) is 8.76. The van der Waals surface area contributed by atoms with Crippen molar-refractivity contribution in [3.63, 3.8) is 0 Å². The summed E-state index contributed by atoms with van der Waals surface area (Å²) in [5, 5.41) is 0. The van der Waals surface area contributed by atoms with Crippen LogP contribution in [0.4, 0.5) is 4.39 Å². The lowest BCUT2D eigenvalue weighted by atomic mass is 10.1. The molecule has 0 saturated carbocycles. The van der Waals surface area contributed by atoms with E-state index in [9.17, 15) is 4.39 Å². The Hall–Kier alpha value is -1.94. The van der Waals surface area contributed by atoms with Crippen LogP contribution in [0.5, 0.6) is 5.75 Å². The highest BCUT2D eigenvalue weighted by atomic mass is 32.1. The minimum atomic E-state index is -0.359. The fourth-order valence-electron chi connectivity index (χ4n) is 2.12. The molecule has 0 aromatic heterocycles. The van der Waals surface area contributed by atoms with Crippen LogP contribution in [0.3, 0.4) is 0 Å². The van der Waals surface area contributed by atoms with Crippen LogP contribution < -0.4 is 10.5 Å². The smallest absolute Gasteiger partial charge is 0.130 e. The summed E-state index contributed by atoms with van der Waals surface area (Å²) in [6.07, 6.45) is 0. The second kappa shape index (κ2) is 6.22. The first-order valence-electron chi connectivity index (χ1n) is 6.67. The number of hydrogen-bond acceptors (Lipinski definition) is 2. The summed E-state index contributed by atoms with van der Waals surface area (Å²) >= 11 is 4.83. The maximum absolute atomic E-state index is 14.0. The quantitative estimate of drug-likeness (QED) is 0.868. The van der Waals surface area contributed by atoms with Gasteiger partial charge in [0.05, 0.1) is 0 Å². The van der Waals surface area contributed by atoms with Gasteiger partial charge < -0.3 is 10.5 Å². The molecule has 0 heterocycles. The highest BCUT2D eigenvalue weighted by Gasteiger charge is 2.08. The number of rotatable bonds is 4. The van der Waals surface area contributed by atoms with E-state index in [0.717, 1.165) is 22.4 Å². The molecule has 0 radical (unpaired) electrons. The van der Waals surface area contributed by atoms with Crippen molar-refractivity contribution in [2.75, 3.05) is 0 Å². The number of thiocarbonyl (C=S) groups is 1. The van der Waals surface area contributed by atoms with E-state index in [1.807, 2.05) is 26.8 Å². The molecule has 2 N–H and O–H groups in total. The van der Waals surface area contributed by atoms with Gasteiger partial charge in [-0.15, -0.1) is 0 Å². The molecule has 110 valence electrons. The lowest BCUT2D eigenvalue weighted by Crippen LogP contribution is -2.10. The minimum Gasteiger partial charge on any atom is -0.489 e. The predicted octanol–water partition coefficient (Wildman–Crippen LogP) is 3.96. The Bertz CT molecular complexity index is 697. The molecule has 21 heavy (non-hydrogen) atoms. The molecule has 2 nitrogen and oxygen atoms in total. The van der Waals surface area contributed by atoms with Gasteiger partial charge in [-0.1, -0.05) is 30.4 Å². The Labute approximate surface area is 129 Å². The van der Waals surface area contributed by atoms with E-state index in [-0.39, 0.29) is 17.4 Å². The number of aryl methyl sites for hydroxylation is 2. The van der Waals surface area contributed by atoms with Crippen molar-refractivity contribution < 1.29 is 9.13 Å². The topological polar surface area (TPSA) is 35.2 Å². The van der Waals surface area contributed by atoms with Crippen molar-refractivity contribution in [3.05, 3.63) is 64.0 Å². The van der Waals surface area contributed by atoms with Crippen LogP contribution in [0.25, 0.3) is 0 Å². The lowest BCUT2D eigenvalue weighted by molar-refractivity contribution is 0.297. The van der Waals surface area contributed by atoms with Crippen LogP contribution in [0.15, 0.2) is 30.3 Å². The Morgan fingerprint density at radius 2 is 1.90 bits per heavy atom. The van der Waals surface area contributed by atoms with E-state index in [1.54, 1.807) is 12.1 Å².